The van der Waals surface area contributed by atoms with Gasteiger partial charge in [0.25, 0.3) is 0 Å². The Kier molecular flexibility index (Phi) is 2.45. The largest absolute Gasteiger partial charge is 0.0667 e. The molecule has 0 fully saturated rings. The maximum atomic E-state index is 2.40. The van der Waals surface area contributed by atoms with Crippen LogP contribution in [0.3, 0.4) is 0 Å². The summed E-state index contributed by atoms with van der Waals surface area (Å²) >= 11 is 0. The first-order valence-corrected chi connectivity index (χ1v) is 5.47. The van der Waals surface area contributed by atoms with Gasteiger partial charge in [0.05, 0.1) is 0 Å². The monoisotopic (exact) mass is 186 g/mol. The molecule has 0 amide bonds. The lowest BCUT2D eigenvalue weighted by Gasteiger charge is -2.20. The molecule has 0 bridgehead atoms. The maximum absolute atomic E-state index is 2.40. The van der Waals surface area contributed by atoms with Gasteiger partial charge in [-0.3, -0.25) is 0 Å². The first kappa shape index (κ1) is 9.51. The molecule has 0 radical (unpaired) electrons. The highest BCUT2D eigenvalue weighted by Gasteiger charge is 2.13. The van der Waals surface area contributed by atoms with Gasteiger partial charge in [-0.05, 0) is 42.4 Å². The summed E-state index contributed by atoms with van der Waals surface area (Å²) in [6.07, 6.45) is 4.87. The molecule has 1 aliphatic rings. The molecule has 0 atom stereocenters. The quantitative estimate of drug-likeness (QED) is 0.622. The standard InChI is InChI=1S/C14H18/c1-10(2)13-8-7-12-6-4-5-11(3)14(12)9-13/h4-6,9-10H,7-8H2,1-3H3. The number of hydrogen-bond donors (Lipinski definition) is 0. The van der Waals surface area contributed by atoms with Crippen molar-refractivity contribution in [3.05, 3.63) is 40.5 Å². The van der Waals surface area contributed by atoms with Gasteiger partial charge in [-0.1, -0.05) is 43.7 Å². The zero-order valence-electron chi connectivity index (χ0n) is 9.30. The summed E-state index contributed by atoms with van der Waals surface area (Å²) in [5, 5.41) is 0. The van der Waals surface area contributed by atoms with Crippen LogP contribution in [0, 0.1) is 12.8 Å². The maximum Gasteiger partial charge on any atom is -0.0195 e. The molecule has 14 heavy (non-hydrogen) atoms. The highest BCUT2D eigenvalue weighted by Crippen LogP contribution is 2.29. The van der Waals surface area contributed by atoms with E-state index in [1.54, 1.807) is 5.57 Å². The number of fused-ring (bicyclic) bond motifs is 1. The lowest BCUT2D eigenvalue weighted by molar-refractivity contribution is 0.709. The van der Waals surface area contributed by atoms with Crippen LogP contribution in [0.15, 0.2) is 23.8 Å². The fraction of sp³-hybridized carbons (Fsp3) is 0.429. The number of hydrogen-bond acceptors (Lipinski definition) is 0. The Bertz CT molecular complexity index is 370. The molecular formula is C14H18. The Labute approximate surface area is 86.7 Å². The Morgan fingerprint density at radius 3 is 2.64 bits per heavy atom. The summed E-state index contributed by atoms with van der Waals surface area (Å²) < 4.78 is 0. The molecule has 74 valence electrons. The van der Waals surface area contributed by atoms with Crippen LogP contribution in [-0.4, -0.2) is 0 Å². The summed E-state index contributed by atoms with van der Waals surface area (Å²) in [4.78, 5) is 0. The molecular weight excluding hydrogens is 168 g/mol. The topological polar surface area (TPSA) is 0 Å². The van der Waals surface area contributed by atoms with E-state index in [4.69, 9.17) is 0 Å². The molecule has 0 unspecified atom stereocenters. The first-order valence-electron chi connectivity index (χ1n) is 5.47. The zero-order chi connectivity index (χ0) is 10.1. The van der Waals surface area contributed by atoms with Gasteiger partial charge in [-0.25, -0.2) is 0 Å². The van der Waals surface area contributed by atoms with Crippen molar-refractivity contribution in [2.45, 2.75) is 33.6 Å². The number of benzene rings is 1. The lowest BCUT2D eigenvalue weighted by atomic mass is 9.85. The van der Waals surface area contributed by atoms with Crippen molar-refractivity contribution in [3.8, 4) is 0 Å². The molecule has 0 N–H and O–H groups in total. The summed E-state index contributed by atoms with van der Waals surface area (Å²) in [6, 6.07) is 6.64. The van der Waals surface area contributed by atoms with E-state index in [-0.39, 0.29) is 0 Å². The predicted molar refractivity (Wildman–Crippen MR) is 62.3 cm³/mol. The van der Waals surface area contributed by atoms with Crippen molar-refractivity contribution < 1.29 is 0 Å². The van der Waals surface area contributed by atoms with E-state index in [1.807, 2.05) is 0 Å². The van der Waals surface area contributed by atoms with Crippen LogP contribution in [0.4, 0.5) is 0 Å². The van der Waals surface area contributed by atoms with Gasteiger partial charge >= 0.3 is 0 Å². The minimum atomic E-state index is 0.697. The molecule has 0 saturated heterocycles. The molecule has 0 heteroatoms. The molecule has 1 aromatic carbocycles. The van der Waals surface area contributed by atoms with Crippen molar-refractivity contribution in [2.75, 3.05) is 0 Å². The molecule has 1 aliphatic carbocycles. The van der Waals surface area contributed by atoms with Gasteiger partial charge in [0.15, 0.2) is 0 Å². The SMILES string of the molecule is Cc1cccc2c1C=C(C(C)C)CC2. The lowest BCUT2D eigenvalue weighted by Crippen LogP contribution is -2.04. The van der Waals surface area contributed by atoms with E-state index in [9.17, 15) is 0 Å². The zero-order valence-corrected chi connectivity index (χ0v) is 9.30. The summed E-state index contributed by atoms with van der Waals surface area (Å²) in [5.74, 6) is 0.697. The summed E-state index contributed by atoms with van der Waals surface area (Å²) in [5.41, 5.74) is 6.02. The smallest absolute Gasteiger partial charge is 0.0195 e. The number of aryl methyl sites for hydroxylation is 2. The van der Waals surface area contributed by atoms with Gasteiger partial charge in [0.1, 0.15) is 0 Å². The van der Waals surface area contributed by atoms with Crippen LogP contribution >= 0.6 is 0 Å². The predicted octanol–water partition coefficient (Wildman–Crippen LogP) is 3.98. The molecule has 0 spiro atoms. The summed E-state index contributed by atoms with van der Waals surface area (Å²) in [7, 11) is 0. The molecule has 1 aromatic rings. The molecule has 0 aromatic heterocycles. The highest BCUT2D eigenvalue weighted by molar-refractivity contribution is 5.63. The Morgan fingerprint density at radius 1 is 1.14 bits per heavy atom. The van der Waals surface area contributed by atoms with Gasteiger partial charge in [-0.15, -0.1) is 0 Å². The van der Waals surface area contributed by atoms with E-state index in [1.165, 1.54) is 29.5 Å². The van der Waals surface area contributed by atoms with Crippen molar-refractivity contribution >= 4 is 6.08 Å². The van der Waals surface area contributed by atoms with Crippen LogP contribution in [0.25, 0.3) is 6.08 Å². The van der Waals surface area contributed by atoms with Crippen LogP contribution in [0.5, 0.6) is 0 Å². The van der Waals surface area contributed by atoms with Gasteiger partial charge in [0.2, 0.25) is 0 Å². The molecule has 2 rings (SSSR count). The molecule has 0 saturated carbocycles. The average molecular weight is 186 g/mol. The van der Waals surface area contributed by atoms with Gasteiger partial charge in [0, 0.05) is 0 Å². The van der Waals surface area contributed by atoms with Gasteiger partial charge in [-0.2, -0.15) is 0 Å². The number of rotatable bonds is 1. The Morgan fingerprint density at radius 2 is 1.93 bits per heavy atom. The Balaban J connectivity index is 2.47. The third-order valence-corrected chi connectivity index (χ3v) is 3.17. The normalized spacial score (nSPS) is 15.3. The van der Waals surface area contributed by atoms with Crippen LogP contribution < -0.4 is 0 Å². The van der Waals surface area contributed by atoms with Crippen molar-refractivity contribution in [2.24, 2.45) is 5.92 Å². The fourth-order valence-electron chi connectivity index (χ4n) is 2.16. The third kappa shape index (κ3) is 1.61. The van der Waals surface area contributed by atoms with Crippen molar-refractivity contribution in [1.82, 2.24) is 0 Å². The van der Waals surface area contributed by atoms with Crippen LogP contribution in [0.1, 0.15) is 37.0 Å². The Hall–Kier alpha value is -1.04. The highest BCUT2D eigenvalue weighted by atomic mass is 14.2. The van der Waals surface area contributed by atoms with Crippen LogP contribution in [-0.2, 0) is 6.42 Å². The average Bonchev–Trinajstić information content (AvgIpc) is 2.18. The summed E-state index contributed by atoms with van der Waals surface area (Å²) in [6.45, 7) is 6.78. The minimum absolute atomic E-state index is 0.697. The van der Waals surface area contributed by atoms with E-state index in [0.29, 0.717) is 5.92 Å². The molecule has 0 nitrogen and oxygen atoms in total. The van der Waals surface area contributed by atoms with E-state index < -0.39 is 0 Å². The van der Waals surface area contributed by atoms with E-state index in [2.05, 4.69) is 45.0 Å². The van der Waals surface area contributed by atoms with E-state index in [0.717, 1.165) is 0 Å². The fourth-order valence-corrected chi connectivity index (χ4v) is 2.16. The number of allylic oxidation sites excluding steroid dienone is 1. The molecule has 0 heterocycles. The second kappa shape index (κ2) is 3.61. The third-order valence-electron chi connectivity index (χ3n) is 3.17. The molecule has 0 aliphatic heterocycles. The van der Waals surface area contributed by atoms with Crippen LogP contribution in [0.2, 0.25) is 0 Å². The second-order valence-corrected chi connectivity index (χ2v) is 4.52. The van der Waals surface area contributed by atoms with E-state index >= 15 is 0 Å². The van der Waals surface area contributed by atoms with Gasteiger partial charge < -0.3 is 0 Å². The van der Waals surface area contributed by atoms with Crippen molar-refractivity contribution in [3.63, 3.8) is 0 Å². The minimum Gasteiger partial charge on any atom is -0.0667 e. The van der Waals surface area contributed by atoms with Crippen molar-refractivity contribution in [1.29, 1.82) is 0 Å². The second-order valence-electron chi connectivity index (χ2n) is 4.52. The first-order chi connectivity index (χ1) is 6.68.